The van der Waals surface area contributed by atoms with Crippen molar-refractivity contribution < 1.29 is 24.3 Å². The first-order chi connectivity index (χ1) is 13.7. The molecule has 0 aliphatic carbocycles. The van der Waals surface area contributed by atoms with Crippen LogP contribution in [0.2, 0.25) is 5.02 Å². The molecule has 0 bridgehead atoms. The molecule has 4 N–H and O–H groups in total. The van der Waals surface area contributed by atoms with E-state index in [1.165, 1.54) is 0 Å². The summed E-state index contributed by atoms with van der Waals surface area (Å²) in [5, 5.41) is 27.0. The Hall–Kier alpha value is -2.47. The van der Waals surface area contributed by atoms with Crippen molar-refractivity contribution in [1.82, 2.24) is 20.0 Å². The number of aromatic nitrogens is 3. The normalized spacial score (nSPS) is 24.4. The zero-order valence-electron chi connectivity index (χ0n) is 15.7. The summed E-state index contributed by atoms with van der Waals surface area (Å²) in [6, 6.07) is -0.842. The fourth-order valence-corrected chi connectivity index (χ4v) is 3.32. The maximum Gasteiger partial charge on any atom is 0.328 e. The lowest BCUT2D eigenvalue weighted by Crippen LogP contribution is -2.60. The van der Waals surface area contributed by atoms with E-state index in [1.54, 1.807) is 13.8 Å². The number of nitrogens with zero attached hydrogens (tertiary/aromatic N) is 2. The van der Waals surface area contributed by atoms with Crippen LogP contribution in [0.25, 0.3) is 0 Å². The largest absolute Gasteiger partial charge is 0.388 e. The van der Waals surface area contributed by atoms with Gasteiger partial charge in [-0.3, -0.25) is 19.1 Å². The molecule has 1 aliphatic heterocycles. The molecule has 11 nitrogen and oxygen atoms in total. The van der Waals surface area contributed by atoms with E-state index < -0.39 is 35.6 Å². The molecule has 0 radical (unpaired) electrons. The first-order valence-corrected chi connectivity index (χ1v) is 9.23. The molecule has 3 heterocycles. The van der Waals surface area contributed by atoms with E-state index >= 15 is 0 Å². The van der Waals surface area contributed by atoms with E-state index in [2.05, 4.69) is 10.5 Å². The summed E-state index contributed by atoms with van der Waals surface area (Å²) in [6.45, 7) is 3.19. The zero-order chi connectivity index (χ0) is 21.3. The Kier molecular flexibility index (Phi) is 6.22. The number of rotatable bonds is 5. The van der Waals surface area contributed by atoms with Crippen LogP contribution >= 0.6 is 11.6 Å². The second-order valence-electron chi connectivity index (χ2n) is 6.90. The van der Waals surface area contributed by atoms with Crippen molar-refractivity contribution in [2.24, 2.45) is 0 Å². The lowest BCUT2D eigenvalue weighted by Gasteiger charge is -2.38. The highest BCUT2D eigenvalue weighted by molar-refractivity contribution is 6.30. The van der Waals surface area contributed by atoms with E-state index in [9.17, 15) is 24.6 Å². The number of aryl methyl sites for hydroxylation is 2. The summed E-state index contributed by atoms with van der Waals surface area (Å²) in [5.41, 5.74) is -0.191. The van der Waals surface area contributed by atoms with Crippen molar-refractivity contribution in [3.63, 3.8) is 0 Å². The molecule has 1 aliphatic rings. The van der Waals surface area contributed by atoms with Gasteiger partial charge in [0.2, 0.25) is 5.91 Å². The molecule has 158 valence electrons. The van der Waals surface area contributed by atoms with Gasteiger partial charge in [-0.15, -0.1) is 0 Å². The third kappa shape index (κ3) is 4.58. The van der Waals surface area contributed by atoms with E-state index in [-0.39, 0.29) is 30.5 Å². The summed E-state index contributed by atoms with van der Waals surface area (Å²) in [5.74, 6) is 0.143. The molecule has 0 saturated carbocycles. The van der Waals surface area contributed by atoms with Gasteiger partial charge in [-0.05, 0) is 13.8 Å². The fraction of sp³-hybridized carbons (Fsp3) is 0.529. The van der Waals surface area contributed by atoms with Crippen molar-refractivity contribution in [2.45, 2.75) is 51.2 Å². The van der Waals surface area contributed by atoms with E-state index in [0.717, 1.165) is 10.8 Å². The number of hydrogen-bond acceptors (Lipinski definition) is 8. The van der Waals surface area contributed by atoms with E-state index in [1.807, 2.05) is 4.98 Å². The van der Waals surface area contributed by atoms with Gasteiger partial charge < -0.3 is 24.8 Å². The third-order valence-electron chi connectivity index (χ3n) is 4.84. The Morgan fingerprint density at radius 3 is 2.76 bits per heavy atom. The van der Waals surface area contributed by atoms with Crippen molar-refractivity contribution in [3.8, 4) is 0 Å². The van der Waals surface area contributed by atoms with Crippen molar-refractivity contribution >= 4 is 17.5 Å². The van der Waals surface area contributed by atoms with Crippen molar-refractivity contribution in [1.29, 1.82) is 0 Å². The number of aliphatic hydroxyl groups is 2. The van der Waals surface area contributed by atoms with Crippen LogP contribution in [0, 0.1) is 13.8 Å². The van der Waals surface area contributed by atoms with Gasteiger partial charge in [0.1, 0.15) is 29.1 Å². The monoisotopic (exact) mass is 428 g/mol. The van der Waals surface area contributed by atoms with Crippen LogP contribution in [0.4, 0.5) is 0 Å². The second kappa shape index (κ2) is 8.49. The second-order valence-corrected chi connectivity index (χ2v) is 7.30. The fourth-order valence-electron chi connectivity index (χ4n) is 3.15. The number of nitrogens with one attached hydrogen (secondary N) is 2. The Labute approximate surface area is 169 Å². The number of aliphatic hydroxyl groups excluding tert-OH is 2. The minimum Gasteiger partial charge on any atom is -0.388 e. The summed E-state index contributed by atoms with van der Waals surface area (Å²) in [4.78, 5) is 37.5. The minimum absolute atomic E-state index is 0.00911. The van der Waals surface area contributed by atoms with E-state index in [4.69, 9.17) is 20.9 Å². The first-order valence-electron chi connectivity index (χ1n) is 8.85. The smallest absolute Gasteiger partial charge is 0.328 e. The molecule has 1 amide bonds. The van der Waals surface area contributed by atoms with Crippen LogP contribution in [-0.2, 0) is 22.5 Å². The average Bonchev–Trinajstić information content (AvgIpc) is 2.97. The molecule has 29 heavy (non-hydrogen) atoms. The molecule has 12 heteroatoms. The van der Waals surface area contributed by atoms with Gasteiger partial charge in [0.15, 0.2) is 0 Å². The highest BCUT2D eigenvalue weighted by Crippen LogP contribution is 2.18. The molecule has 0 unspecified atom stereocenters. The molecule has 1 saturated heterocycles. The first kappa shape index (κ1) is 21.2. The standard InChI is InChI=1S/C17H21ClN4O7/c1-7-9(8(2)29-21-7)3-13(23)19-11-6-28-12(15(25)14(11)24)5-22-4-10(18)16(26)20-17(22)27/h4,11-12,14-15,24-25H,3,5-6H2,1-2H3,(H,19,23)(H,20,26,27)/t11-,12-,14+,15-/m1/s1. The molecule has 2 aromatic heterocycles. The maximum atomic E-state index is 12.3. The number of H-pyrrole nitrogens is 1. The van der Waals surface area contributed by atoms with E-state index in [0.29, 0.717) is 17.0 Å². The van der Waals surface area contributed by atoms with Gasteiger partial charge in [0.25, 0.3) is 5.56 Å². The quantitative estimate of drug-likeness (QED) is 0.454. The summed E-state index contributed by atoms with van der Waals surface area (Å²) >= 11 is 5.71. The van der Waals surface area contributed by atoms with Crippen LogP contribution in [0.15, 0.2) is 20.3 Å². The molecular weight excluding hydrogens is 408 g/mol. The summed E-state index contributed by atoms with van der Waals surface area (Å²) in [6.07, 6.45) is -2.51. The van der Waals surface area contributed by atoms with Crippen molar-refractivity contribution in [3.05, 3.63) is 49.1 Å². The van der Waals surface area contributed by atoms with Crippen LogP contribution in [0.1, 0.15) is 17.0 Å². The molecule has 1 fully saturated rings. The number of carbonyl (C=O) groups is 1. The Morgan fingerprint density at radius 1 is 1.38 bits per heavy atom. The number of hydrogen-bond donors (Lipinski definition) is 4. The van der Waals surface area contributed by atoms with Crippen LogP contribution < -0.4 is 16.6 Å². The molecule has 0 spiro atoms. The third-order valence-corrected chi connectivity index (χ3v) is 5.11. The van der Waals surface area contributed by atoms with Gasteiger partial charge in [-0.2, -0.15) is 0 Å². The molecule has 4 atom stereocenters. The molecule has 2 aromatic rings. The summed E-state index contributed by atoms with van der Waals surface area (Å²) in [7, 11) is 0. The van der Waals surface area contributed by atoms with Gasteiger partial charge in [-0.25, -0.2) is 4.79 Å². The SMILES string of the molecule is Cc1noc(C)c1CC(=O)N[C@@H]1CO[C@H](Cn2cc(Cl)c(=O)[nH]c2=O)[C@@H](O)[C@H]1O. The predicted octanol–water partition coefficient (Wildman–Crippen LogP) is -1.36. The Balaban J connectivity index is 1.63. The van der Waals surface area contributed by atoms with Gasteiger partial charge >= 0.3 is 5.69 Å². The Morgan fingerprint density at radius 2 is 2.10 bits per heavy atom. The lowest BCUT2D eigenvalue weighted by atomic mass is 9.97. The predicted molar refractivity (Wildman–Crippen MR) is 99.7 cm³/mol. The van der Waals surface area contributed by atoms with Gasteiger partial charge in [0, 0.05) is 11.8 Å². The minimum atomic E-state index is -1.38. The number of ether oxygens (including phenoxy) is 1. The average molecular weight is 429 g/mol. The van der Waals surface area contributed by atoms with Crippen LogP contribution in [0.3, 0.4) is 0 Å². The zero-order valence-corrected chi connectivity index (χ0v) is 16.5. The number of amides is 1. The Bertz CT molecular complexity index is 994. The molecule has 3 rings (SSSR count). The lowest BCUT2D eigenvalue weighted by molar-refractivity contribution is -0.158. The topological polar surface area (TPSA) is 160 Å². The van der Waals surface area contributed by atoms with Gasteiger partial charge in [0.05, 0.1) is 31.3 Å². The maximum absolute atomic E-state index is 12.3. The van der Waals surface area contributed by atoms with Crippen molar-refractivity contribution in [2.75, 3.05) is 6.61 Å². The molecule has 0 aromatic carbocycles. The molecular formula is C17H21ClN4O7. The highest BCUT2D eigenvalue weighted by Gasteiger charge is 2.39. The number of aromatic amines is 1. The highest BCUT2D eigenvalue weighted by atomic mass is 35.5. The van der Waals surface area contributed by atoms with Crippen LogP contribution in [-0.4, -0.2) is 61.8 Å². The van der Waals surface area contributed by atoms with Gasteiger partial charge in [-0.1, -0.05) is 16.8 Å². The number of halogens is 1. The van der Waals surface area contributed by atoms with Crippen LogP contribution in [0.5, 0.6) is 0 Å². The summed E-state index contributed by atoms with van der Waals surface area (Å²) < 4.78 is 11.6. The number of carbonyl (C=O) groups excluding carboxylic acids is 1.